The molecule has 0 spiro atoms. The van der Waals surface area contributed by atoms with Crippen LogP contribution >= 0.6 is 0 Å². The largest absolute Gasteiger partial charge is 0.420 e. The molecule has 0 bridgehead atoms. The minimum absolute atomic E-state index is 0.186. The van der Waals surface area contributed by atoms with Gasteiger partial charge < -0.3 is 5.43 Å². The van der Waals surface area contributed by atoms with Crippen LogP contribution in [0.15, 0.2) is 6.07 Å². The van der Waals surface area contributed by atoms with Gasteiger partial charge in [-0.25, -0.2) is 5.84 Å². The zero-order valence-electron chi connectivity index (χ0n) is 6.68. The van der Waals surface area contributed by atoms with Crippen molar-refractivity contribution in [1.29, 1.82) is 0 Å². The van der Waals surface area contributed by atoms with E-state index in [1.54, 1.807) is 0 Å². The molecule has 0 aliphatic rings. The molecule has 0 aromatic carbocycles. The van der Waals surface area contributed by atoms with Gasteiger partial charge >= 0.3 is 6.18 Å². The summed E-state index contributed by atoms with van der Waals surface area (Å²) in [7, 11) is 0. The lowest BCUT2D eigenvalue weighted by Gasteiger charge is -2.10. The summed E-state index contributed by atoms with van der Waals surface area (Å²) in [6.07, 6.45) is -4.47. The fraction of sp³-hybridized carbons (Fsp3) is 0.333. The Bertz CT molecular complexity index is 309. The molecule has 1 aromatic heterocycles. The lowest BCUT2D eigenvalue weighted by Crippen LogP contribution is -2.17. The van der Waals surface area contributed by atoms with Crippen molar-refractivity contribution in [3.63, 3.8) is 0 Å². The van der Waals surface area contributed by atoms with Crippen molar-refractivity contribution in [2.45, 2.75) is 13.1 Å². The second kappa shape index (κ2) is 3.17. The minimum Gasteiger partial charge on any atom is -0.306 e. The van der Waals surface area contributed by atoms with E-state index >= 15 is 0 Å². The van der Waals surface area contributed by atoms with Gasteiger partial charge in [0.25, 0.3) is 0 Å². The summed E-state index contributed by atoms with van der Waals surface area (Å²) in [5.41, 5.74) is 1.11. The maximum atomic E-state index is 12.3. The highest BCUT2D eigenvalue weighted by Gasteiger charge is 2.34. The highest BCUT2D eigenvalue weighted by molar-refractivity contribution is 5.44. The van der Waals surface area contributed by atoms with Crippen LogP contribution in [-0.2, 0) is 6.18 Å². The molecular formula is C6H7F3N4. The van der Waals surface area contributed by atoms with Gasteiger partial charge in [0.2, 0.25) is 0 Å². The molecule has 0 radical (unpaired) electrons. The van der Waals surface area contributed by atoms with Gasteiger partial charge in [-0.05, 0) is 13.0 Å². The number of aromatic nitrogens is 2. The molecule has 0 aliphatic heterocycles. The first-order valence-corrected chi connectivity index (χ1v) is 3.33. The molecule has 4 nitrogen and oxygen atoms in total. The first-order valence-electron chi connectivity index (χ1n) is 3.33. The normalized spacial score (nSPS) is 11.5. The number of anilines is 1. The molecular weight excluding hydrogens is 185 g/mol. The average molecular weight is 192 g/mol. The van der Waals surface area contributed by atoms with E-state index in [2.05, 4.69) is 10.2 Å². The molecule has 1 aromatic rings. The molecule has 0 amide bonds. The third-order valence-electron chi connectivity index (χ3n) is 1.36. The van der Waals surface area contributed by atoms with Gasteiger partial charge in [0.15, 0.2) is 5.82 Å². The Morgan fingerprint density at radius 2 is 2.00 bits per heavy atom. The fourth-order valence-corrected chi connectivity index (χ4v) is 0.812. The first-order chi connectivity index (χ1) is 5.95. The highest BCUT2D eigenvalue weighted by atomic mass is 19.4. The monoisotopic (exact) mass is 192 g/mol. The average Bonchev–Trinajstić information content (AvgIpc) is 2.03. The van der Waals surface area contributed by atoms with E-state index in [4.69, 9.17) is 5.84 Å². The van der Waals surface area contributed by atoms with E-state index in [0.717, 1.165) is 6.07 Å². The maximum Gasteiger partial charge on any atom is 0.420 e. The van der Waals surface area contributed by atoms with Gasteiger partial charge in [0.05, 0.1) is 5.69 Å². The van der Waals surface area contributed by atoms with Gasteiger partial charge in [-0.1, -0.05) is 0 Å². The van der Waals surface area contributed by atoms with Gasteiger partial charge in [0, 0.05) is 0 Å². The van der Waals surface area contributed by atoms with Crippen LogP contribution in [0, 0.1) is 6.92 Å². The van der Waals surface area contributed by atoms with Crippen LogP contribution in [0.4, 0.5) is 19.0 Å². The topological polar surface area (TPSA) is 63.8 Å². The Morgan fingerprint density at radius 1 is 1.38 bits per heavy atom. The number of nitrogens with one attached hydrogen (secondary N) is 1. The molecule has 0 saturated carbocycles. The van der Waals surface area contributed by atoms with Gasteiger partial charge in [-0.2, -0.15) is 18.3 Å². The van der Waals surface area contributed by atoms with Crippen LogP contribution in [0.2, 0.25) is 0 Å². The number of halogens is 3. The Balaban J connectivity index is 3.24. The van der Waals surface area contributed by atoms with Crippen molar-refractivity contribution in [3.05, 3.63) is 17.3 Å². The van der Waals surface area contributed by atoms with Crippen molar-refractivity contribution in [3.8, 4) is 0 Å². The van der Waals surface area contributed by atoms with Gasteiger partial charge in [-0.15, -0.1) is 5.10 Å². The summed E-state index contributed by atoms with van der Waals surface area (Å²) < 4.78 is 36.8. The Hall–Kier alpha value is -1.37. The van der Waals surface area contributed by atoms with Crippen molar-refractivity contribution in [1.82, 2.24) is 10.2 Å². The molecule has 72 valence electrons. The lowest BCUT2D eigenvalue weighted by atomic mass is 10.2. The Morgan fingerprint density at radius 3 is 2.46 bits per heavy atom. The van der Waals surface area contributed by atoms with Crippen LogP contribution in [-0.4, -0.2) is 10.2 Å². The van der Waals surface area contributed by atoms with E-state index in [1.165, 1.54) is 6.92 Å². The summed E-state index contributed by atoms with van der Waals surface area (Å²) >= 11 is 0. The van der Waals surface area contributed by atoms with Crippen LogP contribution < -0.4 is 11.3 Å². The fourth-order valence-electron chi connectivity index (χ4n) is 0.812. The van der Waals surface area contributed by atoms with E-state index in [-0.39, 0.29) is 5.69 Å². The molecule has 0 atom stereocenters. The zero-order valence-corrected chi connectivity index (χ0v) is 6.68. The number of rotatable bonds is 1. The quantitative estimate of drug-likeness (QED) is 0.516. The standard InChI is InChI=1S/C6H7F3N4/c1-3-2-4(6(7,8)9)5(11-10)13-12-3/h2H,10H2,1H3,(H,11,13). The number of hydrazine groups is 1. The van der Waals surface area contributed by atoms with E-state index < -0.39 is 17.6 Å². The summed E-state index contributed by atoms with van der Waals surface area (Å²) in [4.78, 5) is 0. The minimum atomic E-state index is -4.47. The Labute approximate surface area is 71.9 Å². The number of hydrogen-bond donors (Lipinski definition) is 2. The molecule has 1 heterocycles. The number of nitrogens with two attached hydrogens (primary N) is 1. The van der Waals surface area contributed by atoms with Crippen LogP contribution in [0.5, 0.6) is 0 Å². The lowest BCUT2D eigenvalue weighted by molar-refractivity contribution is -0.137. The van der Waals surface area contributed by atoms with Crippen LogP contribution in [0.25, 0.3) is 0 Å². The number of hydrogen-bond acceptors (Lipinski definition) is 4. The van der Waals surface area contributed by atoms with Crippen molar-refractivity contribution in [2.24, 2.45) is 5.84 Å². The third kappa shape index (κ3) is 2.05. The van der Waals surface area contributed by atoms with E-state index in [0.29, 0.717) is 0 Å². The van der Waals surface area contributed by atoms with E-state index in [9.17, 15) is 13.2 Å². The molecule has 13 heavy (non-hydrogen) atoms. The van der Waals surface area contributed by atoms with Crippen LogP contribution in [0.3, 0.4) is 0 Å². The summed E-state index contributed by atoms with van der Waals surface area (Å²) in [6, 6.07) is 0.877. The molecule has 0 aliphatic carbocycles. The highest BCUT2D eigenvalue weighted by Crippen LogP contribution is 2.33. The van der Waals surface area contributed by atoms with Crippen molar-refractivity contribution >= 4 is 5.82 Å². The Kier molecular flexibility index (Phi) is 2.37. The second-order valence-electron chi connectivity index (χ2n) is 2.39. The number of nitrogens with zero attached hydrogens (tertiary/aromatic N) is 2. The summed E-state index contributed by atoms with van der Waals surface area (Å²) in [6.45, 7) is 1.42. The van der Waals surface area contributed by atoms with Crippen molar-refractivity contribution in [2.75, 3.05) is 5.43 Å². The molecule has 7 heteroatoms. The molecule has 0 unspecified atom stereocenters. The third-order valence-corrected chi connectivity index (χ3v) is 1.36. The van der Waals surface area contributed by atoms with Crippen molar-refractivity contribution < 1.29 is 13.2 Å². The zero-order chi connectivity index (χ0) is 10.1. The predicted molar refractivity (Wildman–Crippen MR) is 39.6 cm³/mol. The van der Waals surface area contributed by atoms with Gasteiger partial charge in [0.1, 0.15) is 5.56 Å². The summed E-state index contributed by atoms with van der Waals surface area (Å²) in [5, 5.41) is 6.69. The van der Waals surface area contributed by atoms with Gasteiger partial charge in [-0.3, -0.25) is 0 Å². The smallest absolute Gasteiger partial charge is 0.306 e. The number of aryl methyl sites for hydroxylation is 1. The molecule has 0 fully saturated rings. The molecule has 1 rings (SSSR count). The molecule has 3 N–H and O–H groups in total. The molecule has 0 saturated heterocycles. The first kappa shape index (κ1) is 9.72. The maximum absolute atomic E-state index is 12.3. The van der Waals surface area contributed by atoms with Crippen LogP contribution in [0.1, 0.15) is 11.3 Å². The SMILES string of the molecule is Cc1cc(C(F)(F)F)c(NN)nn1. The number of alkyl halides is 3. The van der Waals surface area contributed by atoms with E-state index in [1.807, 2.05) is 5.43 Å². The number of nitrogen functional groups attached to an aromatic ring is 1. The predicted octanol–water partition coefficient (Wildman–Crippen LogP) is 1.09. The second-order valence-corrected chi connectivity index (χ2v) is 2.39. The summed E-state index contributed by atoms with van der Waals surface area (Å²) in [5.74, 6) is 4.37.